The molecule has 0 bridgehead atoms. The van der Waals surface area contributed by atoms with Gasteiger partial charge in [0.2, 0.25) is 0 Å². The number of allylic oxidation sites excluding steroid dienone is 1. The highest BCUT2D eigenvalue weighted by Gasteiger charge is 2.23. The first-order valence-electron chi connectivity index (χ1n) is 6.76. The zero-order valence-electron chi connectivity index (χ0n) is 11.9. The van der Waals surface area contributed by atoms with Crippen molar-refractivity contribution >= 4 is 38.1 Å². The fraction of sp³-hybridized carbons (Fsp3) is 0.0625. The van der Waals surface area contributed by atoms with E-state index < -0.39 is 6.35 Å². The lowest BCUT2D eigenvalue weighted by molar-refractivity contribution is -0.119. The summed E-state index contributed by atoms with van der Waals surface area (Å²) in [5.74, 6) is 1.29. The third kappa shape index (κ3) is 3.86. The van der Waals surface area contributed by atoms with E-state index in [1.807, 2.05) is 48.5 Å². The molecule has 1 unspecified atom stereocenters. The fourth-order valence-corrected chi connectivity index (χ4v) is 2.63. The van der Waals surface area contributed by atoms with Gasteiger partial charge in [0.25, 0.3) is 0 Å². The minimum Gasteiger partial charge on any atom is -0.447 e. The second kappa shape index (κ2) is 7.06. The number of nitrogens with two attached hydrogens (primary N) is 1. The average molecular weight is 439 g/mol. The summed E-state index contributed by atoms with van der Waals surface area (Å²) in [7, 11) is 0. The number of aliphatic imine (C=N–C) groups is 1. The summed E-state index contributed by atoms with van der Waals surface area (Å²) in [6.07, 6.45) is 2.49. The van der Waals surface area contributed by atoms with Crippen molar-refractivity contribution in [2.75, 3.05) is 0 Å². The normalized spacial score (nSPS) is 16.9. The number of ether oxygens (including phenoxy) is 1. The van der Waals surface area contributed by atoms with Crippen molar-refractivity contribution in [3.63, 3.8) is 0 Å². The van der Waals surface area contributed by atoms with Gasteiger partial charge in [-0.2, -0.15) is 5.06 Å². The van der Waals surface area contributed by atoms with E-state index in [4.69, 9.17) is 15.3 Å². The van der Waals surface area contributed by atoms with E-state index in [0.29, 0.717) is 17.2 Å². The van der Waals surface area contributed by atoms with Gasteiger partial charge < -0.3 is 15.3 Å². The van der Waals surface area contributed by atoms with Crippen LogP contribution in [0.2, 0.25) is 0 Å². The number of hydroxylamine groups is 2. The summed E-state index contributed by atoms with van der Waals surface area (Å²) < 4.78 is 7.55. The Bertz CT molecular complexity index is 764. The van der Waals surface area contributed by atoms with Crippen molar-refractivity contribution in [1.82, 2.24) is 5.06 Å². The molecule has 0 aromatic heterocycles. The molecule has 7 heteroatoms. The van der Waals surface area contributed by atoms with Gasteiger partial charge in [-0.25, -0.2) is 4.99 Å². The highest BCUT2D eigenvalue weighted by molar-refractivity contribution is 9.10. The first-order valence-corrected chi connectivity index (χ1v) is 8.34. The SMILES string of the molecule is NC1=CN(Oc2ccccc2Br)C(Oc2ccccc2Br)N=C1. The number of hydrogen-bond donors (Lipinski definition) is 1. The van der Waals surface area contributed by atoms with E-state index in [1.165, 1.54) is 5.06 Å². The van der Waals surface area contributed by atoms with Crippen LogP contribution < -0.4 is 15.3 Å². The van der Waals surface area contributed by atoms with Crippen molar-refractivity contribution in [3.05, 3.63) is 69.4 Å². The molecule has 0 aliphatic carbocycles. The molecule has 2 aromatic carbocycles. The molecule has 23 heavy (non-hydrogen) atoms. The van der Waals surface area contributed by atoms with Gasteiger partial charge in [-0.15, -0.1) is 0 Å². The van der Waals surface area contributed by atoms with Crippen LogP contribution in [0.5, 0.6) is 11.5 Å². The zero-order chi connectivity index (χ0) is 16.2. The molecule has 0 saturated heterocycles. The molecule has 1 aliphatic heterocycles. The maximum Gasteiger partial charge on any atom is 0.301 e. The minimum absolute atomic E-state index is 0.476. The largest absolute Gasteiger partial charge is 0.447 e. The standard InChI is InChI=1S/C16H13Br2N3O2/c17-12-5-1-3-7-14(12)22-16-20-9-11(19)10-21(16)23-15-8-4-2-6-13(15)18/h1-10,16H,19H2. The molecule has 1 heterocycles. The molecule has 1 atom stereocenters. The quantitative estimate of drug-likeness (QED) is 0.781. The molecular formula is C16H13Br2N3O2. The Kier molecular flexibility index (Phi) is 4.88. The van der Waals surface area contributed by atoms with Crippen molar-refractivity contribution in [3.8, 4) is 11.5 Å². The molecule has 2 aromatic rings. The van der Waals surface area contributed by atoms with Crippen LogP contribution in [0, 0.1) is 0 Å². The molecule has 2 N–H and O–H groups in total. The van der Waals surface area contributed by atoms with Crippen LogP contribution in [0.3, 0.4) is 0 Å². The van der Waals surface area contributed by atoms with Crippen molar-refractivity contribution < 1.29 is 9.57 Å². The third-order valence-electron chi connectivity index (χ3n) is 2.95. The Hall–Kier alpha value is -1.99. The number of halogens is 2. The lowest BCUT2D eigenvalue weighted by Crippen LogP contribution is -2.40. The minimum atomic E-state index is -0.687. The van der Waals surface area contributed by atoms with Crippen LogP contribution in [0.25, 0.3) is 0 Å². The van der Waals surface area contributed by atoms with Gasteiger partial charge in [-0.3, -0.25) is 0 Å². The van der Waals surface area contributed by atoms with Gasteiger partial charge >= 0.3 is 6.35 Å². The lowest BCUT2D eigenvalue weighted by Gasteiger charge is -2.29. The molecule has 0 amide bonds. The van der Waals surface area contributed by atoms with Gasteiger partial charge in [0.1, 0.15) is 5.75 Å². The summed E-state index contributed by atoms with van der Waals surface area (Å²) in [6.45, 7) is 0. The van der Waals surface area contributed by atoms with Crippen molar-refractivity contribution in [2.24, 2.45) is 10.7 Å². The monoisotopic (exact) mass is 437 g/mol. The topological polar surface area (TPSA) is 60.1 Å². The summed E-state index contributed by atoms with van der Waals surface area (Å²) in [6, 6.07) is 15.0. The second-order valence-corrected chi connectivity index (χ2v) is 6.37. The van der Waals surface area contributed by atoms with Crippen molar-refractivity contribution in [1.29, 1.82) is 0 Å². The van der Waals surface area contributed by atoms with Crippen LogP contribution in [0.15, 0.2) is 74.4 Å². The highest BCUT2D eigenvalue weighted by atomic mass is 79.9. The van der Waals surface area contributed by atoms with E-state index in [1.54, 1.807) is 12.4 Å². The summed E-state index contributed by atoms with van der Waals surface area (Å²) in [4.78, 5) is 10.1. The Labute approximate surface area is 150 Å². The first kappa shape index (κ1) is 15.9. The van der Waals surface area contributed by atoms with Gasteiger partial charge in [0, 0.05) is 0 Å². The molecule has 5 nitrogen and oxygen atoms in total. The maximum atomic E-state index is 5.90. The Morgan fingerprint density at radius 2 is 1.57 bits per heavy atom. The molecule has 118 valence electrons. The number of para-hydroxylation sites is 2. The van der Waals surface area contributed by atoms with Gasteiger partial charge in [0.05, 0.1) is 27.1 Å². The molecule has 0 saturated carbocycles. The fourth-order valence-electron chi connectivity index (χ4n) is 1.90. The van der Waals surface area contributed by atoms with Crippen LogP contribution >= 0.6 is 31.9 Å². The second-order valence-electron chi connectivity index (χ2n) is 4.66. The predicted octanol–water partition coefficient (Wildman–Crippen LogP) is 4.05. The maximum absolute atomic E-state index is 5.90. The zero-order valence-corrected chi connectivity index (χ0v) is 15.1. The number of hydrogen-bond acceptors (Lipinski definition) is 5. The summed E-state index contributed by atoms with van der Waals surface area (Å²) in [5.41, 5.74) is 6.29. The van der Waals surface area contributed by atoms with Gasteiger partial charge in [-0.05, 0) is 56.1 Å². The van der Waals surface area contributed by atoms with Crippen molar-refractivity contribution in [2.45, 2.75) is 6.35 Å². The summed E-state index contributed by atoms with van der Waals surface area (Å²) in [5, 5.41) is 1.47. The predicted molar refractivity (Wildman–Crippen MR) is 95.9 cm³/mol. The molecular weight excluding hydrogens is 426 g/mol. The van der Waals surface area contributed by atoms with E-state index in [0.717, 1.165) is 8.95 Å². The number of rotatable bonds is 4. The van der Waals surface area contributed by atoms with Gasteiger partial charge in [0.15, 0.2) is 5.75 Å². The average Bonchev–Trinajstić information content (AvgIpc) is 2.54. The number of benzene rings is 2. The van der Waals surface area contributed by atoms with E-state index in [-0.39, 0.29) is 0 Å². The van der Waals surface area contributed by atoms with Crippen LogP contribution in [-0.2, 0) is 0 Å². The van der Waals surface area contributed by atoms with E-state index in [9.17, 15) is 0 Å². The van der Waals surface area contributed by atoms with Crippen LogP contribution in [-0.4, -0.2) is 17.6 Å². The van der Waals surface area contributed by atoms with Crippen LogP contribution in [0.1, 0.15) is 0 Å². The first-order chi connectivity index (χ1) is 11.1. The Morgan fingerprint density at radius 1 is 0.957 bits per heavy atom. The molecule has 3 rings (SSSR count). The molecule has 0 spiro atoms. The number of nitrogens with zero attached hydrogens (tertiary/aromatic N) is 2. The Morgan fingerprint density at radius 3 is 2.22 bits per heavy atom. The van der Waals surface area contributed by atoms with E-state index >= 15 is 0 Å². The van der Waals surface area contributed by atoms with Crippen LogP contribution in [0.4, 0.5) is 0 Å². The van der Waals surface area contributed by atoms with Gasteiger partial charge in [-0.1, -0.05) is 24.3 Å². The summed E-state index contributed by atoms with van der Waals surface area (Å²) >= 11 is 6.90. The lowest BCUT2D eigenvalue weighted by atomic mass is 10.3. The molecule has 0 radical (unpaired) electrons. The molecule has 0 fully saturated rings. The third-order valence-corrected chi connectivity index (χ3v) is 4.26. The smallest absolute Gasteiger partial charge is 0.301 e. The molecule has 1 aliphatic rings. The highest BCUT2D eigenvalue weighted by Crippen LogP contribution is 2.29. The van der Waals surface area contributed by atoms with E-state index in [2.05, 4.69) is 36.9 Å². The Balaban J connectivity index is 1.82.